The topological polar surface area (TPSA) is 79.2 Å². The van der Waals surface area contributed by atoms with E-state index in [2.05, 4.69) is 5.10 Å². The highest BCUT2D eigenvalue weighted by atomic mass is 16.5. The molecule has 0 bridgehead atoms. The number of aryl methyl sites for hydroxylation is 1. The van der Waals surface area contributed by atoms with Gasteiger partial charge in [0.05, 0.1) is 18.5 Å². The number of nitrogens with zero attached hydrogens (tertiary/aromatic N) is 2. The van der Waals surface area contributed by atoms with Gasteiger partial charge in [0.1, 0.15) is 5.75 Å². The van der Waals surface area contributed by atoms with E-state index in [1.54, 1.807) is 25.3 Å². The number of hydrazone groups is 1. The number of methoxy groups -OCH3 is 1. The third-order valence-corrected chi connectivity index (χ3v) is 3.00. The smallest absolute Gasteiger partial charge is 0.322 e. The Kier molecular flexibility index (Phi) is 3.25. The first-order valence-corrected chi connectivity index (χ1v) is 5.72. The molecule has 6 nitrogen and oxygen atoms in total. The molecule has 19 heavy (non-hydrogen) atoms. The Morgan fingerprint density at radius 3 is 2.58 bits per heavy atom. The Hall–Kier alpha value is -2.37. The van der Waals surface area contributed by atoms with E-state index in [0.29, 0.717) is 11.4 Å². The van der Waals surface area contributed by atoms with Crippen molar-refractivity contribution in [1.82, 2.24) is 0 Å². The fraction of sp³-hybridized carbons (Fsp3) is 0.308. The Balaban J connectivity index is 2.36. The van der Waals surface area contributed by atoms with Crippen molar-refractivity contribution in [2.45, 2.75) is 13.8 Å². The molecule has 0 radical (unpaired) electrons. The number of carboxylic acid groups (broad SMARTS) is 1. The molecule has 0 saturated carbocycles. The molecule has 100 valence electrons. The zero-order valence-corrected chi connectivity index (χ0v) is 10.9. The Morgan fingerprint density at radius 2 is 2.11 bits per heavy atom. The largest absolute Gasteiger partial charge is 0.496 e. The third-order valence-electron chi connectivity index (χ3n) is 3.00. The van der Waals surface area contributed by atoms with Crippen LogP contribution in [0.3, 0.4) is 0 Å². The van der Waals surface area contributed by atoms with Crippen molar-refractivity contribution in [3.63, 3.8) is 0 Å². The second kappa shape index (κ2) is 4.72. The van der Waals surface area contributed by atoms with Crippen molar-refractivity contribution < 1.29 is 19.4 Å². The van der Waals surface area contributed by atoms with Crippen molar-refractivity contribution in [1.29, 1.82) is 0 Å². The van der Waals surface area contributed by atoms with Gasteiger partial charge in [0.25, 0.3) is 5.91 Å². The van der Waals surface area contributed by atoms with Gasteiger partial charge in [-0.25, -0.2) is 0 Å². The van der Waals surface area contributed by atoms with E-state index in [4.69, 9.17) is 9.84 Å². The number of benzene rings is 1. The van der Waals surface area contributed by atoms with E-state index in [1.165, 1.54) is 6.92 Å². The molecule has 1 heterocycles. The summed E-state index contributed by atoms with van der Waals surface area (Å²) in [5.74, 6) is -2.22. The second-order valence-corrected chi connectivity index (χ2v) is 4.32. The van der Waals surface area contributed by atoms with Gasteiger partial charge in [-0.15, -0.1) is 0 Å². The quantitative estimate of drug-likeness (QED) is 0.836. The van der Waals surface area contributed by atoms with Crippen molar-refractivity contribution in [3.8, 4) is 5.75 Å². The minimum absolute atomic E-state index is 0.283. The molecule has 1 aromatic rings. The molecule has 0 fully saturated rings. The second-order valence-electron chi connectivity index (χ2n) is 4.32. The summed E-state index contributed by atoms with van der Waals surface area (Å²) in [6.45, 7) is 3.38. The molecule has 1 amide bonds. The predicted molar refractivity (Wildman–Crippen MR) is 69.5 cm³/mol. The molecule has 0 aromatic heterocycles. The SMILES string of the molecule is COc1ccc(N2N=C(C)C(C(=O)O)C2=O)cc1C. The molecule has 0 saturated heterocycles. The summed E-state index contributed by atoms with van der Waals surface area (Å²) in [5.41, 5.74) is 1.66. The minimum Gasteiger partial charge on any atom is -0.496 e. The summed E-state index contributed by atoms with van der Waals surface area (Å²) < 4.78 is 5.14. The van der Waals surface area contributed by atoms with Crippen LogP contribution >= 0.6 is 0 Å². The van der Waals surface area contributed by atoms with Gasteiger partial charge < -0.3 is 9.84 Å². The predicted octanol–water partition coefficient (Wildman–Crippen LogP) is 1.43. The molecule has 1 N–H and O–H groups in total. The van der Waals surface area contributed by atoms with E-state index >= 15 is 0 Å². The van der Waals surface area contributed by atoms with E-state index < -0.39 is 17.8 Å². The fourth-order valence-corrected chi connectivity index (χ4v) is 2.03. The molecular weight excluding hydrogens is 248 g/mol. The summed E-state index contributed by atoms with van der Waals surface area (Å²) in [5, 5.41) is 14.2. The van der Waals surface area contributed by atoms with Crippen LogP contribution in [0.1, 0.15) is 12.5 Å². The minimum atomic E-state index is -1.19. The van der Waals surface area contributed by atoms with Crippen LogP contribution < -0.4 is 9.75 Å². The Morgan fingerprint density at radius 1 is 1.42 bits per heavy atom. The van der Waals surface area contributed by atoms with Gasteiger partial charge in [-0.3, -0.25) is 9.59 Å². The maximum Gasteiger partial charge on any atom is 0.322 e. The summed E-state index contributed by atoms with van der Waals surface area (Å²) in [7, 11) is 1.56. The molecule has 1 aliphatic heterocycles. The fourth-order valence-electron chi connectivity index (χ4n) is 2.03. The van der Waals surface area contributed by atoms with Crippen molar-refractivity contribution in [3.05, 3.63) is 23.8 Å². The lowest BCUT2D eigenvalue weighted by atomic mass is 10.1. The van der Waals surface area contributed by atoms with Gasteiger partial charge >= 0.3 is 5.97 Å². The van der Waals surface area contributed by atoms with Gasteiger partial charge in [0, 0.05) is 0 Å². The van der Waals surface area contributed by atoms with Crippen LogP contribution in [0.5, 0.6) is 5.75 Å². The summed E-state index contributed by atoms with van der Waals surface area (Å²) in [4.78, 5) is 23.0. The van der Waals surface area contributed by atoms with Crippen LogP contribution in [-0.4, -0.2) is 29.8 Å². The highest BCUT2D eigenvalue weighted by molar-refractivity contribution is 6.25. The molecule has 2 rings (SSSR count). The van der Waals surface area contributed by atoms with Crippen molar-refractivity contribution >= 4 is 23.3 Å². The van der Waals surface area contributed by atoms with Crippen LogP contribution in [0, 0.1) is 12.8 Å². The van der Waals surface area contributed by atoms with Gasteiger partial charge in [-0.05, 0) is 37.6 Å². The highest BCUT2D eigenvalue weighted by Crippen LogP contribution is 2.28. The van der Waals surface area contributed by atoms with Crippen LogP contribution in [0.2, 0.25) is 0 Å². The monoisotopic (exact) mass is 262 g/mol. The lowest BCUT2D eigenvalue weighted by Gasteiger charge is -2.14. The number of hydrogen-bond acceptors (Lipinski definition) is 4. The lowest BCUT2D eigenvalue weighted by molar-refractivity contribution is -0.142. The molecule has 1 aliphatic rings. The van der Waals surface area contributed by atoms with Crippen LogP contribution in [0.4, 0.5) is 5.69 Å². The van der Waals surface area contributed by atoms with Gasteiger partial charge in [0.15, 0.2) is 5.92 Å². The summed E-state index contributed by atoms with van der Waals surface area (Å²) in [6.07, 6.45) is 0. The summed E-state index contributed by atoms with van der Waals surface area (Å²) in [6, 6.07) is 5.12. The van der Waals surface area contributed by atoms with E-state index in [-0.39, 0.29) is 5.71 Å². The zero-order chi connectivity index (χ0) is 14.2. The maximum atomic E-state index is 12.0. The first-order chi connectivity index (χ1) is 8.95. The number of carbonyl (C=O) groups is 2. The number of aliphatic carboxylic acids is 1. The number of rotatable bonds is 3. The van der Waals surface area contributed by atoms with Gasteiger partial charge in [0.2, 0.25) is 0 Å². The number of hydrogen-bond donors (Lipinski definition) is 1. The zero-order valence-electron chi connectivity index (χ0n) is 10.9. The number of anilines is 1. The standard InChI is InChI=1S/C13H14N2O4/c1-7-6-9(4-5-10(7)19-3)15-12(16)11(13(17)18)8(2)14-15/h4-6,11H,1-3H3,(H,17,18). The number of amides is 1. The Bertz CT molecular complexity index is 580. The average molecular weight is 262 g/mol. The highest BCUT2D eigenvalue weighted by Gasteiger charge is 2.39. The first kappa shape index (κ1) is 13.1. The number of ether oxygens (including phenoxy) is 1. The Labute approximate surface area is 110 Å². The van der Waals surface area contributed by atoms with Crippen molar-refractivity contribution in [2.24, 2.45) is 11.0 Å². The molecule has 1 unspecified atom stereocenters. The van der Waals surface area contributed by atoms with E-state index in [1.807, 2.05) is 6.92 Å². The van der Waals surface area contributed by atoms with Crippen molar-refractivity contribution in [2.75, 3.05) is 12.1 Å². The van der Waals surface area contributed by atoms with E-state index in [9.17, 15) is 9.59 Å². The molecule has 0 spiro atoms. The average Bonchev–Trinajstić information content (AvgIpc) is 2.64. The third kappa shape index (κ3) is 2.16. The molecule has 1 aromatic carbocycles. The molecular formula is C13H14N2O4. The van der Waals surface area contributed by atoms with Crippen LogP contribution in [-0.2, 0) is 9.59 Å². The summed E-state index contributed by atoms with van der Waals surface area (Å²) >= 11 is 0. The molecule has 1 atom stereocenters. The number of carbonyl (C=O) groups excluding carboxylic acids is 1. The van der Waals surface area contributed by atoms with E-state index in [0.717, 1.165) is 10.6 Å². The number of carboxylic acids is 1. The maximum absolute atomic E-state index is 12.0. The van der Waals surface area contributed by atoms with Crippen LogP contribution in [0.15, 0.2) is 23.3 Å². The molecule has 6 heteroatoms. The van der Waals surface area contributed by atoms with Gasteiger partial charge in [-0.2, -0.15) is 10.1 Å². The molecule has 0 aliphatic carbocycles. The lowest BCUT2D eigenvalue weighted by Crippen LogP contribution is -2.32. The van der Waals surface area contributed by atoms with Crippen LogP contribution in [0.25, 0.3) is 0 Å². The van der Waals surface area contributed by atoms with Gasteiger partial charge in [-0.1, -0.05) is 0 Å². The normalized spacial score (nSPS) is 18.5. The first-order valence-electron chi connectivity index (χ1n) is 5.72.